The molecule has 2 unspecified atom stereocenters. The van der Waals surface area contributed by atoms with Crippen molar-refractivity contribution in [3.8, 4) is 0 Å². The Morgan fingerprint density at radius 3 is 2.50 bits per heavy atom. The first kappa shape index (κ1) is 17.3. The van der Waals surface area contributed by atoms with Gasteiger partial charge in [0.15, 0.2) is 0 Å². The molecular formula is C18H23F3N2O. The maximum atomic E-state index is 12.8. The number of hydrogen-bond acceptors (Lipinski definition) is 2. The van der Waals surface area contributed by atoms with Crippen molar-refractivity contribution >= 4 is 5.91 Å². The fraction of sp³-hybridized carbons (Fsp3) is 0.611. The van der Waals surface area contributed by atoms with Crippen LogP contribution in [0.4, 0.5) is 13.2 Å². The second-order valence-electron chi connectivity index (χ2n) is 7.15. The topological polar surface area (TPSA) is 55.1 Å². The summed E-state index contributed by atoms with van der Waals surface area (Å²) in [7, 11) is 0. The van der Waals surface area contributed by atoms with E-state index in [1.807, 2.05) is 0 Å². The Bertz CT molecular complexity index is 588. The summed E-state index contributed by atoms with van der Waals surface area (Å²) in [6.07, 6.45) is 0.740. The lowest BCUT2D eigenvalue weighted by atomic mass is 9.67. The normalized spacial score (nSPS) is 30.0. The van der Waals surface area contributed by atoms with Crippen LogP contribution >= 0.6 is 0 Å². The summed E-state index contributed by atoms with van der Waals surface area (Å²) >= 11 is 0. The van der Waals surface area contributed by atoms with Crippen LogP contribution in [0.3, 0.4) is 0 Å². The van der Waals surface area contributed by atoms with Crippen molar-refractivity contribution < 1.29 is 18.0 Å². The Morgan fingerprint density at radius 1 is 1.21 bits per heavy atom. The SMILES string of the molecule is NC1CC2CCCC(C1)C2NC(=O)Cc1cccc(C(F)(F)F)c1. The third-order valence-electron chi connectivity index (χ3n) is 5.32. The average Bonchev–Trinajstić information content (AvgIpc) is 2.47. The van der Waals surface area contributed by atoms with Gasteiger partial charge in [-0.1, -0.05) is 24.6 Å². The van der Waals surface area contributed by atoms with Crippen molar-refractivity contribution in [2.75, 3.05) is 0 Å². The molecule has 2 aliphatic rings. The van der Waals surface area contributed by atoms with E-state index >= 15 is 0 Å². The molecule has 0 saturated heterocycles. The number of nitrogens with two attached hydrogens (primary N) is 1. The zero-order valence-corrected chi connectivity index (χ0v) is 13.5. The van der Waals surface area contributed by atoms with Crippen LogP contribution in [0.15, 0.2) is 24.3 Å². The first-order valence-corrected chi connectivity index (χ1v) is 8.54. The molecule has 0 heterocycles. The molecule has 2 saturated carbocycles. The lowest BCUT2D eigenvalue weighted by molar-refractivity contribution is -0.137. The van der Waals surface area contributed by atoms with Crippen molar-refractivity contribution in [3.63, 3.8) is 0 Å². The predicted molar refractivity (Wildman–Crippen MR) is 85.1 cm³/mol. The van der Waals surface area contributed by atoms with Gasteiger partial charge in [-0.3, -0.25) is 4.79 Å². The molecule has 2 bridgehead atoms. The maximum Gasteiger partial charge on any atom is 0.416 e. The summed E-state index contributed by atoms with van der Waals surface area (Å²) in [6, 6.07) is 5.31. The van der Waals surface area contributed by atoms with Crippen LogP contribution in [-0.2, 0) is 17.4 Å². The van der Waals surface area contributed by atoms with Gasteiger partial charge in [0.25, 0.3) is 0 Å². The smallest absolute Gasteiger partial charge is 0.353 e. The molecule has 2 fully saturated rings. The number of carbonyl (C=O) groups is 1. The third-order valence-corrected chi connectivity index (χ3v) is 5.32. The molecule has 0 aliphatic heterocycles. The molecule has 0 spiro atoms. The molecule has 132 valence electrons. The lowest BCUT2D eigenvalue weighted by Gasteiger charge is -2.45. The molecule has 24 heavy (non-hydrogen) atoms. The molecule has 3 N–H and O–H groups in total. The highest BCUT2D eigenvalue weighted by atomic mass is 19.4. The van der Waals surface area contributed by atoms with Crippen LogP contribution < -0.4 is 11.1 Å². The van der Waals surface area contributed by atoms with E-state index in [4.69, 9.17) is 5.73 Å². The molecule has 2 atom stereocenters. The Hall–Kier alpha value is -1.56. The van der Waals surface area contributed by atoms with Gasteiger partial charge in [0.2, 0.25) is 5.91 Å². The first-order chi connectivity index (χ1) is 11.3. The summed E-state index contributed by atoms with van der Waals surface area (Å²) in [5.74, 6) is 0.600. The monoisotopic (exact) mass is 340 g/mol. The van der Waals surface area contributed by atoms with Crippen molar-refractivity contribution in [1.29, 1.82) is 0 Å². The van der Waals surface area contributed by atoms with Crippen LogP contribution in [0.2, 0.25) is 0 Å². The van der Waals surface area contributed by atoms with Gasteiger partial charge in [0.1, 0.15) is 0 Å². The van der Waals surface area contributed by atoms with E-state index in [0.717, 1.165) is 37.8 Å². The lowest BCUT2D eigenvalue weighted by Crippen LogP contribution is -2.54. The van der Waals surface area contributed by atoms with Crippen LogP contribution in [0.5, 0.6) is 0 Å². The number of nitrogens with one attached hydrogen (secondary N) is 1. The van der Waals surface area contributed by atoms with Crippen LogP contribution in [0.1, 0.15) is 43.2 Å². The summed E-state index contributed by atoms with van der Waals surface area (Å²) in [6.45, 7) is 0. The van der Waals surface area contributed by atoms with Crippen LogP contribution in [0.25, 0.3) is 0 Å². The van der Waals surface area contributed by atoms with Gasteiger partial charge in [-0.25, -0.2) is 0 Å². The minimum absolute atomic E-state index is 0.0219. The summed E-state index contributed by atoms with van der Waals surface area (Å²) < 4.78 is 38.3. The van der Waals surface area contributed by atoms with Gasteiger partial charge in [-0.15, -0.1) is 0 Å². The molecule has 3 rings (SSSR count). The Labute approximate surface area is 139 Å². The van der Waals surface area contributed by atoms with E-state index in [2.05, 4.69) is 5.32 Å². The summed E-state index contributed by atoms with van der Waals surface area (Å²) in [5.41, 5.74) is 5.75. The van der Waals surface area contributed by atoms with Crippen molar-refractivity contribution in [3.05, 3.63) is 35.4 Å². The van der Waals surface area contributed by atoms with Gasteiger partial charge in [0.05, 0.1) is 12.0 Å². The van der Waals surface area contributed by atoms with Gasteiger partial charge in [-0.05, 0) is 49.1 Å². The molecule has 1 aromatic rings. The fourth-order valence-electron chi connectivity index (χ4n) is 4.30. The number of hydrogen-bond donors (Lipinski definition) is 2. The molecule has 1 amide bonds. The number of halogens is 3. The first-order valence-electron chi connectivity index (χ1n) is 8.54. The van der Waals surface area contributed by atoms with E-state index in [9.17, 15) is 18.0 Å². The van der Waals surface area contributed by atoms with E-state index in [1.165, 1.54) is 12.5 Å². The highest BCUT2D eigenvalue weighted by molar-refractivity contribution is 5.79. The van der Waals surface area contributed by atoms with Crippen molar-refractivity contribution in [2.24, 2.45) is 17.6 Å². The van der Waals surface area contributed by atoms with Crippen molar-refractivity contribution in [2.45, 2.75) is 56.8 Å². The van der Waals surface area contributed by atoms with E-state index in [0.29, 0.717) is 17.4 Å². The largest absolute Gasteiger partial charge is 0.416 e. The Balaban J connectivity index is 1.64. The molecular weight excluding hydrogens is 317 g/mol. The van der Waals surface area contributed by atoms with Gasteiger partial charge in [-0.2, -0.15) is 13.2 Å². The highest BCUT2D eigenvalue weighted by Crippen LogP contribution is 2.39. The average molecular weight is 340 g/mol. The minimum Gasteiger partial charge on any atom is -0.353 e. The van der Waals surface area contributed by atoms with E-state index < -0.39 is 11.7 Å². The molecule has 0 radical (unpaired) electrons. The predicted octanol–water partition coefficient (Wildman–Crippen LogP) is 3.27. The number of rotatable bonds is 3. The molecule has 2 aliphatic carbocycles. The number of alkyl halides is 3. The van der Waals surface area contributed by atoms with Crippen LogP contribution in [-0.4, -0.2) is 18.0 Å². The minimum atomic E-state index is -4.39. The second kappa shape index (κ2) is 6.75. The zero-order valence-electron chi connectivity index (χ0n) is 13.5. The Kier molecular flexibility index (Phi) is 4.85. The second-order valence-corrected chi connectivity index (χ2v) is 7.15. The number of benzene rings is 1. The number of carbonyl (C=O) groups excluding carboxylic acids is 1. The fourth-order valence-corrected chi connectivity index (χ4v) is 4.30. The molecule has 0 aromatic heterocycles. The highest BCUT2D eigenvalue weighted by Gasteiger charge is 2.39. The quantitative estimate of drug-likeness (QED) is 0.887. The molecule has 6 heteroatoms. The van der Waals surface area contributed by atoms with Crippen LogP contribution in [0, 0.1) is 11.8 Å². The summed E-state index contributed by atoms with van der Waals surface area (Å²) in [5, 5.41) is 3.07. The molecule has 3 nitrogen and oxygen atoms in total. The zero-order chi connectivity index (χ0) is 17.3. The maximum absolute atomic E-state index is 12.8. The molecule has 1 aromatic carbocycles. The summed E-state index contributed by atoms with van der Waals surface area (Å²) in [4.78, 5) is 12.3. The number of fused-ring (bicyclic) bond motifs is 2. The van der Waals surface area contributed by atoms with E-state index in [-0.39, 0.29) is 24.4 Å². The number of amides is 1. The third kappa shape index (κ3) is 3.91. The van der Waals surface area contributed by atoms with Gasteiger partial charge in [0, 0.05) is 12.1 Å². The van der Waals surface area contributed by atoms with Gasteiger partial charge >= 0.3 is 6.18 Å². The van der Waals surface area contributed by atoms with Gasteiger partial charge < -0.3 is 11.1 Å². The van der Waals surface area contributed by atoms with Crippen molar-refractivity contribution in [1.82, 2.24) is 5.32 Å². The van der Waals surface area contributed by atoms with E-state index in [1.54, 1.807) is 6.07 Å². The Morgan fingerprint density at radius 2 is 1.88 bits per heavy atom. The standard InChI is InChI=1S/C18H23F3N2O/c19-18(20,21)14-6-1-3-11(7-14)8-16(24)23-17-12-4-2-5-13(17)10-15(22)9-12/h1,3,6-7,12-13,15,17H,2,4-5,8-10,22H2,(H,23,24).